The fourth-order valence-electron chi connectivity index (χ4n) is 1.14. The summed E-state index contributed by atoms with van der Waals surface area (Å²) in [4.78, 5) is 1.44. The van der Waals surface area contributed by atoms with Crippen LogP contribution in [0.3, 0.4) is 0 Å². The Morgan fingerprint density at radius 2 is 2.20 bits per heavy atom. The summed E-state index contributed by atoms with van der Waals surface area (Å²) in [5.74, 6) is 1.21. The van der Waals surface area contributed by atoms with Crippen LogP contribution in [0.15, 0.2) is 16.3 Å². The minimum atomic E-state index is 0.747. The van der Waals surface area contributed by atoms with Gasteiger partial charge in [0.25, 0.3) is 0 Å². The van der Waals surface area contributed by atoms with Crippen LogP contribution in [0.2, 0.25) is 0 Å². The first-order valence-electron chi connectivity index (χ1n) is 5.17. The summed E-state index contributed by atoms with van der Waals surface area (Å²) in [5.41, 5.74) is 0. The topological polar surface area (TPSA) is 12.0 Å². The average molecular weight is 261 g/mol. The van der Waals surface area contributed by atoms with Gasteiger partial charge in [-0.25, -0.2) is 0 Å². The minimum Gasteiger partial charge on any atom is -0.311 e. The smallest absolute Gasteiger partial charge is 0.0599 e. The van der Waals surface area contributed by atoms with Gasteiger partial charge < -0.3 is 5.32 Å². The average Bonchev–Trinajstić information content (AvgIpc) is 2.65. The molecule has 0 fully saturated rings. The maximum absolute atomic E-state index is 3.47. The van der Waals surface area contributed by atoms with E-state index in [1.54, 1.807) is 0 Å². The van der Waals surface area contributed by atoms with Crippen molar-refractivity contribution in [2.45, 2.75) is 29.9 Å². The number of thioether (sulfide) groups is 2. The Kier molecular flexibility index (Phi) is 6.81. The lowest BCUT2D eigenvalue weighted by molar-refractivity contribution is 0.740. The van der Waals surface area contributed by atoms with Crippen LogP contribution in [0.1, 0.15) is 18.7 Å². The van der Waals surface area contributed by atoms with Crippen LogP contribution in [0, 0.1) is 0 Å². The Morgan fingerprint density at radius 1 is 1.40 bits per heavy atom. The van der Waals surface area contributed by atoms with Crippen LogP contribution in [0.5, 0.6) is 0 Å². The predicted octanol–water partition coefficient (Wildman–Crippen LogP) is 3.70. The third-order valence-corrected chi connectivity index (χ3v) is 5.14. The first-order valence-corrected chi connectivity index (χ1v) is 8.26. The van der Waals surface area contributed by atoms with Crippen molar-refractivity contribution in [3.8, 4) is 0 Å². The van der Waals surface area contributed by atoms with E-state index in [9.17, 15) is 0 Å². The van der Waals surface area contributed by atoms with Crippen molar-refractivity contribution in [1.29, 1.82) is 0 Å². The van der Waals surface area contributed by atoms with E-state index in [0.29, 0.717) is 0 Å². The van der Waals surface area contributed by atoms with Crippen molar-refractivity contribution in [2.75, 3.05) is 18.6 Å². The van der Waals surface area contributed by atoms with Crippen molar-refractivity contribution in [2.24, 2.45) is 0 Å². The summed E-state index contributed by atoms with van der Waals surface area (Å²) in [6.45, 7) is 6.61. The molecule has 86 valence electrons. The lowest BCUT2D eigenvalue weighted by atomic mass is 10.4. The van der Waals surface area contributed by atoms with Crippen LogP contribution in [-0.2, 0) is 6.54 Å². The number of hydrogen-bond donors (Lipinski definition) is 1. The van der Waals surface area contributed by atoms with Crippen molar-refractivity contribution in [3.05, 3.63) is 17.0 Å². The predicted molar refractivity (Wildman–Crippen MR) is 75.4 cm³/mol. The Morgan fingerprint density at radius 3 is 2.80 bits per heavy atom. The summed E-state index contributed by atoms with van der Waals surface area (Å²) in [6.07, 6.45) is 2.13. The van der Waals surface area contributed by atoms with Gasteiger partial charge in [-0.15, -0.1) is 23.1 Å². The van der Waals surface area contributed by atoms with Gasteiger partial charge in [0.15, 0.2) is 0 Å². The molecule has 0 atom stereocenters. The molecule has 0 aliphatic carbocycles. The van der Waals surface area contributed by atoms with Crippen molar-refractivity contribution in [1.82, 2.24) is 5.32 Å². The molecule has 0 amide bonds. The van der Waals surface area contributed by atoms with Gasteiger partial charge in [-0.05, 0) is 23.6 Å². The normalized spacial score (nSPS) is 11.2. The molecule has 1 aromatic heterocycles. The Hall–Kier alpha value is 0.360. The number of nitrogens with one attached hydrogen (secondary N) is 1. The maximum atomic E-state index is 3.47. The third-order valence-electron chi connectivity index (χ3n) is 1.87. The zero-order valence-corrected chi connectivity index (χ0v) is 12.0. The molecule has 1 heterocycles. The van der Waals surface area contributed by atoms with E-state index in [2.05, 4.69) is 37.6 Å². The van der Waals surface area contributed by atoms with E-state index in [-0.39, 0.29) is 0 Å². The highest BCUT2D eigenvalue weighted by Gasteiger charge is 1.98. The van der Waals surface area contributed by atoms with Crippen LogP contribution in [-0.4, -0.2) is 23.8 Å². The molecule has 0 aliphatic rings. The monoisotopic (exact) mass is 261 g/mol. The van der Waals surface area contributed by atoms with E-state index < -0.39 is 0 Å². The molecule has 0 aliphatic heterocycles. The van der Waals surface area contributed by atoms with Gasteiger partial charge in [0.2, 0.25) is 0 Å². The standard InChI is InChI=1S/C11H19NS3/c1-9(2)14-7-6-12-8-10-4-5-11(13-3)15-10/h4-5,9,12H,6-8H2,1-3H3. The highest BCUT2D eigenvalue weighted by atomic mass is 32.2. The minimum absolute atomic E-state index is 0.747. The van der Waals surface area contributed by atoms with Crippen LogP contribution < -0.4 is 5.32 Å². The second-order valence-electron chi connectivity index (χ2n) is 3.52. The number of rotatable bonds is 7. The van der Waals surface area contributed by atoms with E-state index >= 15 is 0 Å². The van der Waals surface area contributed by atoms with Crippen molar-refractivity contribution < 1.29 is 0 Å². The molecule has 1 N–H and O–H groups in total. The summed E-state index contributed by atoms with van der Waals surface area (Å²) in [7, 11) is 0. The molecular weight excluding hydrogens is 242 g/mol. The summed E-state index contributed by atoms with van der Waals surface area (Å²) >= 11 is 5.73. The Balaban J connectivity index is 2.09. The molecular formula is C11H19NS3. The second-order valence-corrected chi connectivity index (χ2v) is 7.48. The van der Waals surface area contributed by atoms with Gasteiger partial charge >= 0.3 is 0 Å². The SMILES string of the molecule is CSc1ccc(CNCCSC(C)C)s1. The van der Waals surface area contributed by atoms with Gasteiger partial charge in [-0.2, -0.15) is 11.8 Å². The molecule has 0 aromatic carbocycles. The summed E-state index contributed by atoms with van der Waals surface area (Å²) in [6, 6.07) is 4.42. The van der Waals surface area contributed by atoms with Crippen LogP contribution >= 0.6 is 34.9 Å². The Bertz CT molecular complexity index is 271. The van der Waals surface area contributed by atoms with Crippen molar-refractivity contribution >= 4 is 34.9 Å². The molecule has 0 saturated heterocycles. The van der Waals surface area contributed by atoms with Gasteiger partial charge in [0, 0.05) is 23.7 Å². The third kappa shape index (κ3) is 5.85. The molecule has 0 saturated carbocycles. The second kappa shape index (κ2) is 7.60. The molecule has 4 heteroatoms. The molecule has 1 nitrogen and oxygen atoms in total. The van der Waals surface area contributed by atoms with Gasteiger partial charge in [0.05, 0.1) is 4.21 Å². The van der Waals surface area contributed by atoms with Gasteiger partial charge in [0.1, 0.15) is 0 Å². The molecule has 0 radical (unpaired) electrons. The molecule has 1 rings (SSSR count). The van der Waals surface area contributed by atoms with Crippen LogP contribution in [0.25, 0.3) is 0 Å². The zero-order valence-electron chi connectivity index (χ0n) is 9.58. The molecule has 1 aromatic rings. The Labute approximate surface area is 105 Å². The molecule has 0 spiro atoms. The molecule has 0 unspecified atom stereocenters. The fourth-order valence-corrected chi connectivity index (χ4v) is 3.44. The quantitative estimate of drug-likeness (QED) is 0.594. The highest BCUT2D eigenvalue weighted by Crippen LogP contribution is 2.24. The lowest BCUT2D eigenvalue weighted by Crippen LogP contribution is -2.16. The largest absolute Gasteiger partial charge is 0.311 e. The first kappa shape index (κ1) is 13.4. The van der Waals surface area contributed by atoms with Gasteiger partial charge in [-0.1, -0.05) is 13.8 Å². The number of thiophene rings is 1. The van der Waals surface area contributed by atoms with E-state index in [4.69, 9.17) is 0 Å². The first-order chi connectivity index (χ1) is 7.22. The summed E-state index contributed by atoms with van der Waals surface area (Å²) in [5, 5.41) is 4.22. The zero-order chi connectivity index (χ0) is 11.1. The lowest BCUT2D eigenvalue weighted by Gasteiger charge is -2.05. The fraction of sp³-hybridized carbons (Fsp3) is 0.636. The van der Waals surface area contributed by atoms with Crippen molar-refractivity contribution in [3.63, 3.8) is 0 Å². The molecule has 0 bridgehead atoms. The van der Waals surface area contributed by atoms with E-state index in [0.717, 1.165) is 18.3 Å². The number of hydrogen-bond acceptors (Lipinski definition) is 4. The van der Waals surface area contributed by atoms with Gasteiger partial charge in [-0.3, -0.25) is 0 Å². The van der Waals surface area contributed by atoms with Crippen LogP contribution in [0.4, 0.5) is 0 Å². The maximum Gasteiger partial charge on any atom is 0.0599 e. The van der Waals surface area contributed by atoms with E-state index in [1.165, 1.54) is 14.8 Å². The highest BCUT2D eigenvalue weighted by molar-refractivity contribution is 8.00. The van der Waals surface area contributed by atoms with E-state index in [1.807, 2.05) is 34.9 Å². The summed E-state index contributed by atoms with van der Waals surface area (Å²) < 4.78 is 1.41. The molecule has 15 heavy (non-hydrogen) atoms.